The molecule has 27 heavy (non-hydrogen) atoms. The number of rotatable bonds is 7. The minimum absolute atomic E-state index is 0.132. The Morgan fingerprint density at radius 2 is 1.52 bits per heavy atom. The van der Waals surface area contributed by atoms with Gasteiger partial charge in [0.2, 0.25) is 5.75 Å². The fourth-order valence-corrected chi connectivity index (χ4v) is 3.46. The van der Waals surface area contributed by atoms with Crippen LogP contribution in [0.25, 0.3) is 0 Å². The lowest BCUT2D eigenvalue weighted by molar-refractivity contribution is -0.385. The first kappa shape index (κ1) is 20.1. The summed E-state index contributed by atoms with van der Waals surface area (Å²) in [5.74, 6) is -0.847. The molecular formula is C14H7BrN2O9S. The average Bonchev–Trinajstić information content (AvgIpc) is 2.61. The molecule has 0 aliphatic carbocycles. The lowest BCUT2D eigenvalue weighted by atomic mass is 10.2. The number of nitro benzene ring substituents is 2. The summed E-state index contributed by atoms with van der Waals surface area (Å²) in [7, 11) is -4.79. The summed E-state index contributed by atoms with van der Waals surface area (Å²) in [5.41, 5.74) is -2.41. The summed E-state index contributed by atoms with van der Waals surface area (Å²) in [4.78, 5) is 41.4. The van der Waals surface area contributed by atoms with Gasteiger partial charge in [0, 0.05) is 16.6 Å². The van der Waals surface area contributed by atoms with Gasteiger partial charge in [-0.1, -0.05) is 15.9 Å². The number of nitro groups is 2. The van der Waals surface area contributed by atoms with Gasteiger partial charge in [-0.15, -0.1) is 0 Å². The highest BCUT2D eigenvalue weighted by molar-refractivity contribution is 9.10. The zero-order valence-corrected chi connectivity index (χ0v) is 15.3. The van der Waals surface area contributed by atoms with Crippen LogP contribution >= 0.6 is 15.9 Å². The van der Waals surface area contributed by atoms with Crippen LogP contribution in [0.15, 0.2) is 39.7 Å². The zero-order chi connectivity index (χ0) is 20.4. The van der Waals surface area contributed by atoms with Gasteiger partial charge in [0.05, 0.1) is 21.0 Å². The summed E-state index contributed by atoms with van der Waals surface area (Å²) in [6, 6.07) is 4.35. The van der Waals surface area contributed by atoms with E-state index in [1.54, 1.807) is 0 Å². The zero-order valence-electron chi connectivity index (χ0n) is 12.9. The number of aldehydes is 2. The third-order valence-corrected chi connectivity index (χ3v) is 4.87. The monoisotopic (exact) mass is 458 g/mol. The van der Waals surface area contributed by atoms with E-state index in [0.717, 1.165) is 24.3 Å². The molecule has 11 nitrogen and oxygen atoms in total. The minimum atomic E-state index is -4.79. The summed E-state index contributed by atoms with van der Waals surface area (Å²) < 4.78 is 29.7. The molecule has 2 aromatic rings. The van der Waals surface area contributed by atoms with Crippen molar-refractivity contribution in [3.05, 3.63) is 66.2 Å². The third-order valence-electron chi connectivity index (χ3n) is 3.19. The molecule has 2 rings (SSSR count). The van der Waals surface area contributed by atoms with E-state index in [-0.39, 0.29) is 22.6 Å². The average molecular weight is 459 g/mol. The maximum Gasteiger partial charge on any atom is 0.339 e. The number of carbonyl (C=O) groups excluding carboxylic acids is 2. The normalized spacial score (nSPS) is 10.9. The smallest absolute Gasteiger partial charge is 0.339 e. The lowest BCUT2D eigenvalue weighted by Crippen LogP contribution is -2.13. The maximum absolute atomic E-state index is 12.4. The van der Waals surface area contributed by atoms with Gasteiger partial charge >= 0.3 is 15.8 Å². The Morgan fingerprint density at radius 1 is 0.926 bits per heavy atom. The molecule has 0 spiro atoms. The maximum atomic E-state index is 12.4. The van der Waals surface area contributed by atoms with Crippen LogP contribution in [-0.4, -0.2) is 30.8 Å². The Hall–Kier alpha value is -3.19. The molecule has 0 fully saturated rings. The number of hydrogen-bond acceptors (Lipinski definition) is 9. The van der Waals surface area contributed by atoms with E-state index in [9.17, 15) is 38.2 Å². The molecule has 0 heterocycles. The van der Waals surface area contributed by atoms with E-state index in [1.165, 1.54) is 0 Å². The molecule has 0 N–H and O–H groups in total. The quantitative estimate of drug-likeness (QED) is 0.262. The highest BCUT2D eigenvalue weighted by Crippen LogP contribution is 2.36. The molecule has 0 amide bonds. The highest BCUT2D eigenvalue weighted by atomic mass is 79.9. The predicted molar refractivity (Wildman–Crippen MR) is 92.5 cm³/mol. The van der Waals surface area contributed by atoms with Gasteiger partial charge < -0.3 is 4.18 Å². The molecule has 0 bridgehead atoms. The molecule has 0 saturated carbocycles. The summed E-state index contributed by atoms with van der Waals surface area (Å²) in [6.45, 7) is 0. The van der Waals surface area contributed by atoms with Crippen LogP contribution in [-0.2, 0) is 10.1 Å². The van der Waals surface area contributed by atoms with Crippen molar-refractivity contribution in [2.75, 3.05) is 0 Å². The van der Waals surface area contributed by atoms with Crippen molar-refractivity contribution < 1.29 is 32.0 Å². The van der Waals surface area contributed by atoms with Crippen molar-refractivity contribution in [3.8, 4) is 5.75 Å². The first-order valence-electron chi connectivity index (χ1n) is 6.72. The largest absolute Gasteiger partial charge is 0.371 e. The second-order valence-corrected chi connectivity index (χ2v) is 7.31. The van der Waals surface area contributed by atoms with Gasteiger partial charge in [-0.3, -0.25) is 29.8 Å². The summed E-state index contributed by atoms with van der Waals surface area (Å²) >= 11 is 2.95. The van der Waals surface area contributed by atoms with Crippen LogP contribution in [0.1, 0.15) is 20.7 Å². The van der Waals surface area contributed by atoms with Crippen molar-refractivity contribution in [1.29, 1.82) is 0 Å². The fraction of sp³-hybridized carbons (Fsp3) is 0. The Labute approximate surface area is 159 Å². The molecule has 13 heteroatoms. The van der Waals surface area contributed by atoms with Crippen LogP contribution in [0.2, 0.25) is 0 Å². The van der Waals surface area contributed by atoms with E-state index < -0.39 is 47.5 Å². The van der Waals surface area contributed by atoms with Crippen molar-refractivity contribution in [2.24, 2.45) is 0 Å². The van der Waals surface area contributed by atoms with Gasteiger partial charge in [0.15, 0.2) is 12.6 Å². The first-order chi connectivity index (χ1) is 12.6. The molecule has 0 aliphatic heterocycles. The topological polar surface area (TPSA) is 164 Å². The predicted octanol–water partition coefficient (Wildman–Crippen LogP) is 2.66. The number of halogens is 1. The van der Waals surface area contributed by atoms with Crippen LogP contribution in [0.3, 0.4) is 0 Å². The molecule has 0 atom stereocenters. The van der Waals surface area contributed by atoms with Gasteiger partial charge in [-0.25, -0.2) is 0 Å². The van der Waals surface area contributed by atoms with E-state index in [4.69, 9.17) is 4.18 Å². The molecule has 0 aliphatic rings. The standard InChI is InChI=1S/C14H7BrN2O9S/c15-10-3-9(7-19)14(13(4-10)17(22)23)26-27(24,25)11-2-1-8(6-18)12(5-11)16(20)21/h1-7H. The molecular weight excluding hydrogens is 452 g/mol. The van der Waals surface area contributed by atoms with Crippen molar-refractivity contribution in [3.63, 3.8) is 0 Å². The van der Waals surface area contributed by atoms with Crippen LogP contribution in [0.4, 0.5) is 11.4 Å². The number of carbonyl (C=O) groups is 2. The lowest BCUT2D eigenvalue weighted by Gasteiger charge is -2.10. The first-order valence-corrected chi connectivity index (χ1v) is 8.92. The molecule has 0 aromatic heterocycles. The molecule has 0 radical (unpaired) electrons. The summed E-state index contributed by atoms with van der Waals surface area (Å²) in [6.07, 6.45) is 0.319. The van der Waals surface area contributed by atoms with Crippen LogP contribution < -0.4 is 4.18 Å². The third kappa shape index (κ3) is 4.15. The van der Waals surface area contributed by atoms with E-state index >= 15 is 0 Å². The molecule has 0 unspecified atom stereocenters. The fourth-order valence-electron chi connectivity index (χ4n) is 2.01. The van der Waals surface area contributed by atoms with Gasteiger partial charge in [-0.05, 0) is 18.2 Å². The van der Waals surface area contributed by atoms with Gasteiger partial charge in [0.1, 0.15) is 4.90 Å². The van der Waals surface area contributed by atoms with Crippen molar-refractivity contribution in [2.45, 2.75) is 4.90 Å². The Balaban J connectivity index is 2.63. The highest BCUT2D eigenvalue weighted by Gasteiger charge is 2.29. The van der Waals surface area contributed by atoms with Crippen LogP contribution in [0.5, 0.6) is 5.75 Å². The van der Waals surface area contributed by atoms with Gasteiger partial charge in [0.25, 0.3) is 5.69 Å². The van der Waals surface area contributed by atoms with E-state index in [0.29, 0.717) is 6.07 Å². The molecule has 0 saturated heterocycles. The number of benzene rings is 2. The van der Waals surface area contributed by atoms with E-state index in [2.05, 4.69) is 15.9 Å². The molecule has 2 aromatic carbocycles. The second kappa shape index (κ2) is 7.59. The Bertz CT molecular complexity index is 1080. The molecule has 140 valence electrons. The van der Waals surface area contributed by atoms with Gasteiger partial charge in [-0.2, -0.15) is 8.42 Å². The minimum Gasteiger partial charge on any atom is -0.371 e. The number of hydrogen-bond donors (Lipinski definition) is 0. The second-order valence-electron chi connectivity index (χ2n) is 4.85. The van der Waals surface area contributed by atoms with Crippen molar-refractivity contribution in [1.82, 2.24) is 0 Å². The Morgan fingerprint density at radius 3 is 2.04 bits per heavy atom. The van der Waals surface area contributed by atoms with Crippen LogP contribution in [0, 0.1) is 20.2 Å². The van der Waals surface area contributed by atoms with E-state index in [1.807, 2.05) is 0 Å². The SMILES string of the molecule is O=Cc1ccc(S(=O)(=O)Oc2c(C=O)cc(Br)cc2[N+](=O)[O-])cc1[N+](=O)[O-]. The Kier molecular flexibility index (Phi) is 5.66. The summed E-state index contributed by atoms with van der Waals surface area (Å²) in [5, 5.41) is 22.1. The van der Waals surface area contributed by atoms with Crippen molar-refractivity contribution >= 4 is 50.0 Å². The number of nitrogens with zero attached hydrogens (tertiary/aromatic N) is 2.